The van der Waals surface area contributed by atoms with Gasteiger partial charge in [0.2, 0.25) is 0 Å². The molecule has 5 heteroatoms. The molecule has 0 aliphatic carbocycles. The van der Waals surface area contributed by atoms with E-state index in [1.165, 1.54) is 5.56 Å². The van der Waals surface area contributed by atoms with Crippen molar-refractivity contribution >= 4 is 34.3 Å². The number of benzene rings is 2. The van der Waals surface area contributed by atoms with Crippen LogP contribution in [0.15, 0.2) is 36.4 Å². The third kappa shape index (κ3) is 4.66. The molecule has 23 heavy (non-hydrogen) atoms. The zero-order chi connectivity index (χ0) is 16.8. The summed E-state index contributed by atoms with van der Waals surface area (Å²) in [5, 5.41) is 3.28. The minimum atomic E-state index is -0.128. The predicted octanol–water partition coefficient (Wildman–Crippen LogP) is 5.68. The van der Waals surface area contributed by atoms with Crippen molar-refractivity contribution in [1.29, 1.82) is 0 Å². The van der Waals surface area contributed by atoms with Crippen LogP contribution in [0, 0.1) is 6.92 Å². The number of aryl methyl sites for hydroxylation is 2. The summed E-state index contributed by atoms with van der Waals surface area (Å²) in [6.07, 6.45) is 2.73. The van der Waals surface area contributed by atoms with Crippen LogP contribution in [0.25, 0.3) is 0 Å². The topological polar surface area (TPSA) is 38.3 Å². The fourth-order valence-corrected chi connectivity index (χ4v) is 2.67. The van der Waals surface area contributed by atoms with Crippen molar-refractivity contribution < 1.29 is 9.53 Å². The van der Waals surface area contributed by atoms with Gasteiger partial charge in [-0.2, -0.15) is 0 Å². The van der Waals surface area contributed by atoms with Crippen molar-refractivity contribution in [1.82, 2.24) is 0 Å². The highest BCUT2D eigenvalue weighted by atomic mass is 35.5. The molecule has 0 radical (unpaired) electrons. The lowest BCUT2D eigenvalue weighted by Crippen LogP contribution is -2.08. The number of rotatable bonds is 5. The van der Waals surface area contributed by atoms with Crippen LogP contribution in [-0.2, 0) is 13.0 Å². The second-order valence-electron chi connectivity index (χ2n) is 5.12. The predicted molar refractivity (Wildman–Crippen MR) is 98.9 cm³/mol. The molecule has 3 nitrogen and oxygen atoms in total. The molecular weight excluding hydrogens is 330 g/mol. The molecule has 0 spiro atoms. The summed E-state index contributed by atoms with van der Waals surface area (Å²) in [4.78, 5) is 11.6. The fourth-order valence-electron chi connectivity index (χ4n) is 2.23. The standard InChI is InChI=1S/C18H20ClNO2S/c1-4-13-8-9-17(12(2)10-13)22-11-14-15(19)6-5-7-16(14)20-18(21)23-3/h5-10H,4,11H2,1-3H3,(H,20,21). The minimum absolute atomic E-state index is 0.128. The van der Waals surface area contributed by atoms with E-state index in [0.717, 1.165) is 35.1 Å². The van der Waals surface area contributed by atoms with Crippen molar-refractivity contribution in [2.24, 2.45) is 0 Å². The third-order valence-corrected chi connectivity index (χ3v) is 4.39. The average Bonchev–Trinajstić information content (AvgIpc) is 2.55. The summed E-state index contributed by atoms with van der Waals surface area (Å²) < 4.78 is 5.92. The maximum atomic E-state index is 11.6. The first-order chi connectivity index (χ1) is 11.0. The number of hydrogen-bond donors (Lipinski definition) is 1. The van der Waals surface area contributed by atoms with Crippen LogP contribution in [-0.4, -0.2) is 11.5 Å². The number of hydrogen-bond acceptors (Lipinski definition) is 3. The highest BCUT2D eigenvalue weighted by Gasteiger charge is 2.11. The Morgan fingerprint density at radius 3 is 2.74 bits per heavy atom. The van der Waals surface area contributed by atoms with Gasteiger partial charge in [0.15, 0.2) is 0 Å². The van der Waals surface area contributed by atoms with Crippen LogP contribution in [0.3, 0.4) is 0 Å². The van der Waals surface area contributed by atoms with Gasteiger partial charge in [-0.05, 0) is 48.9 Å². The highest BCUT2D eigenvalue weighted by Crippen LogP contribution is 2.28. The fraction of sp³-hybridized carbons (Fsp3) is 0.278. The Labute approximate surface area is 146 Å². The SMILES string of the molecule is CCc1ccc(OCc2c(Cl)cccc2NC(=O)SC)c(C)c1. The van der Waals surface area contributed by atoms with Crippen LogP contribution in [0.4, 0.5) is 10.5 Å². The Balaban J connectivity index is 2.18. The second-order valence-corrected chi connectivity index (χ2v) is 6.31. The molecular formula is C18H20ClNO2S. The van der Waals surface area contributed by atoms with Crippen molar-refractivity contribution in [3.8, 4) is 5.75 Å². The van der Waals surface area contributed by atoms with Gasteiger partial charge in [0.05, 0.1) is 0 Å². The summed E-state index contributed by atoms with van der Waals surface area (Å²) in [6.45, 7) is 4.45. The highest BCUT2D eigenvalue weighted by molar-refractivity contribution is 8.13. The van der Waals surface area contributed by atoms with E-state index in [-0.39, 0.29) is 5.24 Å². The number of amides is 1. The molecule has 0 atom stereocenters. The van der Waals surface area contributed by atoms with Gasteiger partial charge >= 0.3 is 0 Å². The molecule has 0 heterocycles. The molecule has 0 saturated carbocycles. The number of thioether (sulfide) groups is 1. The monoisotopic (exact) mass is 349 g/mol. The number of ether oxygens (including phenoxy) is 1. The Morgan fingerprint density at radius 1 is 1.30 bits per heavy atom. The summed E-state index contributed by atoms with van der Waals surface area (Å²) in [5.41, 5.74) is 3.82. The molecule has 1 N–H and O–H groups in total. The first kappa shape index (κ1) is 17.7. The minimum Gasteiger partial charge on any atom is -0.488 e. The number of nitrogens with one attached hydrogen (secondary N) is 1. The lowest BCUT2D eigenvalue weighted by atomic mass is 10.1. The maximum Gasteiger partial charge on any atom is 0.283 e. The molecule has 122 valence electrons. The smallest absolute Gasteiger partial charge is 0.283 e. The van der Waals surface area contributed by atoms with Gasteiger partial charge in [-0.1, -0.05) is 48.5 Å². The van der Waals surface area contributed by atoms with Gasteiger partial charge in [0, 0.05) is 16.3 Å². The Morgan fingerprint density at radius 2 is 2.09 bits per heavy atom. The molecule has 0 bridgehead atoms. The zero-order valence-electron chi connectivity index (χ0n) is 13.5. The maximum absolute atomic E-state index is 11.6. The van der Waals surface area contributed by atoms with Crippen molar-refractivity contribution in [3.63, 3.8) is 0 Å². The van der Waals surface area contributed by atoms with E-state index < -0.39 is 0 Å². The molecule has 0 aliphatic heterocycles. The summed E-state index contributed by atoms with van der Waals surface area (Å²) in [6, 6.07) is 11.6. The average molecular weight is 350 g/mol. The van der Waals surface area contributed by atoms with E-state index in [0.29, 0.717) is 17.3 Å². The van der Waals surface area contributed by atoms with E-state index >= 15 is 0 Å². The number of carbonyl (C=O) groups excluding carboxylic acids is 1. The van der Waals surface area contributed by atoms with Gasteiger partial charge in [-0.25, -0.2) is 0 Å². The van der Waals surface area contributed by atoms with E-state index in [1.807, 2.05) is 25.1 Å². The first-order valence-corrected chi connectivity index (χ1v) is 9.00. The largest absolute Gasteiger partial charge is 0.488 e. The Bertz CT molecular complexity index is 703. The molecule has 2 aromatic rings. The summed E-state index contributed by atoms with van der Waals surface area (Å²) in [5.74, 6) is 0.823. The van der Waals surface area contributed by atoms with Gasteiger partial charge < -0.3 is 10.1 Å². The van der Waals surface area contributed by atoms with E-state index in [9.17, 15) is 4.79 Å². The Hall–Kier alpha value is -1.65. The van der Waals surface area contributed by atoms with E-state index in [2.05, 4.69) is 24.4 Å². The molecule has 0 aromatic heterocycles. The molecule has 1 amide bonds. The molecule has 2 rings (SSSR count). The second kappa shape index (κ2) is 8.27. The molecule has 0 fully saturated rings. The quantitative estimate of drug-likeness (QED) is 0.754. The van der Waals surface area contributed by atoms with E-state index in [4.69, 9.17) is 16.3 Å². The lowest BCUT2D eigenvalue weighted by molar-refractivity contribution is 0.269. The molecule has 2 aromatic carbocycles. The first-order valence-electron chi connectivity index (χ1n) is 7.39. The van der Waals surface area contributed by atoms with Gasteiger partial charge in [0.25, 0.3) is 5.24 Å². The number of carbonyl (C=O) groups is 1. The van der Waals surface area contributed by atoms with Crippen LogP contribution >= 0.6 is 23.4 Å². The van der Waals surface area contributed by atoms with Gasteiger partial charge in [-0.15, -0.1) is 0 Å². The van der Waals surface area contributed by atoms with Crippen LogP contribution in [0.1, 0.15) is 23.6 Å². The summed E-state index contributed by atoms with van der Waals surface area (Å²) in [7, 11) is 0. The van der Waals surface area contributed by atoms with Crippen molar-refractivity contribution in [2.45, 2.75) is 26.9 Å². The van der Waals surface area contributed by atoms with Crippen molar-refractivity contribution in [2.75, 3.05) is 11.6 Å². The summed E-state index contributed by atoms with van der Waals surface area (Å²) >= 11 is 7.39. The molecule has 0 aliphatic rings. The lowest BCUT2D eigenvalue weighted by Gasteiger charge is -2.15. The number of anilines is 1. The van der Waals surface area contributed by atoms with E-state index in [1.54, 1.807) is 12.3 Å². The normalized spacial score (nSPS) is 10.4. The third-order valence-electron chi connectivity index (χ3n) is 3.56. The van der Waals surface area contributed by atoms with Crippen LogP contribution in [0.5, 0.6) is 5.75 Å². The zero-order valence-corrected chi connectivity index (χ0v) is 15.1. The van der Waals surface area contributed by atoms with Gasteiger partial charge in [-0.3, -0.25) is 4.79 Å². The van der Waals surface area contributed by atoms with Crippen molar-refractivity contribution in [3.05, 3.63) is 58.1 Å². The van der Waals surface area contributed by atoms with Crippen LogP contribution < -0.4 is 10.1 Å². The molecule has 0 unspecified atom stereocenters. The van der Waals surface area contributed by atoms with Gasteiger partial charge in [0.1, 0.15) is 12.4 Å². The molecule has 0 saturated heterocycles. The number of halogens is 1. The Kier molecular flexibility index (Phi) is 6.37. The van der Waals surface area contributed by atoms with Crippen LogP contribution in [0.2, 0.25) is 5.02 Å².